The van der Waals surface area contributed by atoms with E-state index in [-0.39, 0.29) is 11.8 Å². The molecule has 1 N–H and O–H groups in total. The minimum absolute atomic E-state index is 0.00187. The van der Waals surface area contributed by atoms with E-state index in [2.05, 4.69) is 10.2 Å². The van der Waals surface area contributed by atoms with Crippen molar-refractivity contribution in [1.29, 1.82) is 0 Å². The highest BCUT2D eigenvalue weighted by Crippen LogP contribution is 2.22. The molecule has 1 saturated heterocycles. The summed E-state index contributed by atoms with van der Waals surface area (Å²) in [5.74, 6) is 0.699. The molecule has 0 unspecified atom stereocenters. The van der Waals surface area contributed by atoms with E-state index in [1.807, 2.05) is 61.5 Å². The molecule has 0 bridgehead atoms. The number of amides is 2. The lowest BCUT2D eigenvalue weighted by Crippen LogP contribution is -2.50. The summed E-state index contributed by atoms with van der Waals surface area (Å²) in [6, 6.07) is 18.6. The van der Waals surface area contributed by atoms with Crippen LogP contribution in [-0.2, 0) is 0 Å². The Balaban J connectivity index is 1.37. The lowest BCUT2D eigenvalue weighted by molar-refractivity contribution is 0.0532. The number of carbonyl (C=O) groups excluding carboxylic acids is 2. The predicted molar refractivity (Wildman–Crippen MR) is 113 cm³/mol. The Labute approximate surface area is 175 Å². The molecule has 0 atom stereocenters. The van der Waals surface area contributed by atoms with Crippen molar-refractivity contribution in [2.45, 2.75) is 6.92 Å². The topological polar surface area (TPSA) is 78.5 Å². The molecule has 2 aromatic carbocycles. The largest absolute Gasteiger partial charge is 0.494 e. The van der Waals surface area contributed by atoms with E-state index in [1.54, 1.807) is 15.9 Å². The fourth-order valence-corrected chi connectivity index (χ4v) is 3.51. The van der Waals surface area contributed by atoms with Crippen LogP contribution < -0.4 is 4.74 Å². The maximum absolute atomic E-state index is 12.9. The predicted octanol–water partition coefficient (Wildman–Crippen LogP) is 3.07. The first-order chi connectivity index (χ1) is 14.7. The van der Waals surface area contributed by atoms with E-state index in [4.69, 9.17) is 4.74 Å². The summed E-state index contributed by atoms with van der Waals surface area (Å²) in [4.78, 5) is 29.0. The summed E-state index contributed by atoms with van der Waals surface area (Å²) in [5, 5.41) is 7.13. The summed E-state index contributed by atoms with van der Waals surface area (Å²) < 4.78 is 5.46. The SMILES string of the molecule is CCOc1ccc(-c2cc(C(=O)N3CCN(C(=O)c4ccccc4)CC3)[nH]n2)cc1. The van der Waals surface area contributed by atoms with E-state index in [9.17, 15) is 9.59 Å². The second-order valence-electron chi connectivity index (χ2n) is 7.07. The zero-order valence-electron chi connectivity index (χ0n) is 16.9. The number of piperazine rings is 1. The van der Waals surface area contributed by atoms with Crippen molar-refractivity contribution in [3.63, 3.8) is 0 Å². The molecule has 1 aromatic heterocycles. The van der Waals surface area contributed by atoms with Gasteiger partial charge in [-0.25, -0.2) is 0 Å². The molecule has 0 radical (unpaired) electrons. The lowest BCUT2D eigenvalue weighted by atomic mass is 10.1. The van der Waals surface area contributed by atoms with Crippen molar-refractivity contribution in [2.24, 2.45) is 0 Å². The molecule has 0 saturated carbocycles. The van der Waals surface area contributed by atoms with Crippen LogP contribution in [0.5, 0.6) is 5.75 Å². The minimum Gasteiger partial charge on any atom is -0.494 e. The van der Waals surface area contributed by atoms with Gasteiger partial charge in [-0.05, 0) is 49.4 Å². The van der Waals surface area contributed by atoms with Crippen LogP contribution in [0.25, 0.3) is 11.3 Å². The monoisotopic (exact) mass is 404 g/mol. The van der Waals surface area contributed by atoms with Gasteiger partial charge in [-0.1, -0.05) is 18.2 Å². The number of aromatic nitrogens is 2. The van der Waals surface area contributed by atoms with Gasteiger partial charge in [0.15, 0.2) is 0 Å². The molecular formula is C23H24N4O3. The summed E-state index contributed by atoms with van der Waals surface area (Å²) >= 11 is 0. The third kappa shape index (κ3) is 4.20. The molecule has 2 amide bonds. The third-order valence-electron chi connectivity index (χ3n) is 5.14. The summed E-state index contributed by atoms with van der Waals surface area (Å²) in [6.45, 7) is 4.57. The lowest BCUT2D eigenvalue weighted by Gasteiger charge is -2.34. The molecule has 7 nitrogen and oxygen atoms in total. The van der Waals surface area contributed by atoms with Crippen LogP contribution in [-0.4, -0.2) is 64.6 Å². The molecule has 3 aromatic rings. The second kappa shape index (κ2) is 8.82. The zero-order valence-corrected chi connectivity index (χ0v) is 16.9. The van der Waals surface area contributed by atoms with Crippen molar-refractivity contribution < 1.29 is 14.3 Å². The van der Waals surface area contributed by atoms with E-state index in [1.165, 1.54) is 0 Å². The highest BCUT2D eigenvalue weighted by atomic mass is 16.5. The van der Waals surface area contributed by atoms with Crippen molar-refractivity contribution in [3.8, 4) is 17.0 Å². The first-order valence-corrected chi connectivity index (χ1v) is 10.1. The van der Waals surface area contributed by atoms with Gasteiger partial charge in [-0.2, -0.15) is 5.10 Å². The van der Waals surface area contributed by atoms with Gasteiger partial charge in [0.2, 0.25) is 0 Å². The average Bonchev–Trinajstić information content (AvgIpc) is 3.30. The van der Waals surface area contributed by atoms with Crippen LogP contribution in [0.4, 0.5) is 0 Å². The first kappa shape index (κ1) is 19.7. The number of H-pyrrole nitrogens is 1. The summed E-state index contributed by atoms with van der Waals surface area (Å²) in [6.07, 6.45) is 0. The van der Waals surface area contributed by atoms with Crippen LogP contribution in [0.15, 0.2) is 60.7 Å². The molecular weight excluding hydrogens is 380 g/mol. The van der Waals surface area contributed by atoms with Crippen LogP contribution in [0.2, 0.25) is 0 Å². The number of rotatable bonds is 5. The Morgan fingerprint density at radius 1 is 0.933 bits per heavy atom. The average molecular weight is 404 g/mol. The van der Waals surface area contributed by atoms with Crippen molar-refractivity contribution in [2.75, 3.05) is 32.8 Å². The Bertz CT molecular complexity index is 1010. The fourth-order valence-electron chi connectivity index (χ4n) is 3.51. The normalized spacial score (nSPS) is 13.9. The smallest absolute Gasteiger partial charge is 0.272 e. The van der Waals surface area contributed by atoms with Gasteiger partial charge in [0, 0.05) is 37.3 Å². The molecule has 154 valence electrons. The van der Waals surface area contributed by atoms with Gasteiger partial charge < -0.3 is 14.5 Å². The molecule has 30 heavy (non-hydrogen) atoms. The van der Waals surface area contributed by atoms with E-state index in [0.717, 1.165) is 11.3 Å². The molecule has 4 rings (SSSR count). The standard InChI is InChI=1S/C23H24N4O3/c1-2-30-19-10-8-17(9-11-19)20-16-21(25-24-20)23(29)27-14-12-26(13-15-27)22(28)18-6-4-3-5-7-18/h3-11,16H,2,12-15H2,1H3,(H,24,25). The molecule has 0 aliphatic carbocycles. The number of nitrogens with one attached hydrogen (secondary N) is 1. The highest BCUT2D eigenvalue weighted by molar-refractivity contribution is 5.95. The van der Waals surface area contributed by atoms with Crippen LogP contribution in [0.3, 0.4) is 0 Å². The van der Waals surface area contributed by atoms with Crippen LogP contribution >= 0.6 is 0 Å². The van der Waals surface area contributed by atoms with Gasteiger partial charge in [0.1, 0.15) is 11.4 Å². The number of benzene rings is 2. The Kier molecular flexibility index (Phi) is 5.79. The van der Waals surface area contributed by atoms with E-state index >= 15 is 0 Å². The molecule has 1 fully saturated rings. The van der Waals surface area contributed by atoms with Gasteiger partial charge in [0.25, 0.3) is 11.8 Å². The fraction of sp³-hybridized carbons (Fsp3) is 0.261. The number of ether oxygens (including phenoxy) is 1. The zero-order chi connectivity index (χ0) is 20.9. The summed E-state index contributed by atoms with van der Waals surface area (Å²) in [7, 11) is 0. The quantitative estimate of drug-likeness (QED) is 0.709. The van der Waals surface area contributed by atoms with Gasteiger partial charge in [-0.15, -0.1) is 0 Å². The molecule has 1 aliphatic rings. The van der Waals surface area contributed by atoms with Gasteiger partial charge in [0.05, 0.1) is 12.3 Å². The van der Waals surface area contributed by atoms with Gasteiger partial charge in [-0.3, -0.25) is 14.7 Å². The Morgan fingerprint density at radius 3 is 2.20 bits per heavy atom. The second-order valence-corrected chi connectivity index (χ2v) is 7.07. The number of hydrogen-bond acceptors (Lipinski definition) is 4. The van der Waals surface area contributed by atoms with E-state index in [0.29, 0.717) is 49.7 Å². The van der Waals surface area contributed by atoms with Crippen LogP contribution in [0, 0.1) is 0 Å². The maximum atomic E-state index is 12.9. The van der Waals surface area contributed by atoms with Gasteiger partial charge >= 0.3 is 0 Å². The highest BCUT2D eigenvalue weighted by Gasteiger charge is 2.26. The minimum atomic E-state index is -0.105. The number of nitrogens with zero attached hydrogens (tertiary/aromatic N) is 3. The Hall–Kier alpha value is -3.61. The van der Waals surface area contributed by atoms with E-state index < -0.39 is 0 Å². The molecule has 0 spiro atoms. The number of carbonyl (C=O) groups is 2. The van der Waals surface area contributed by atoms with Crippen molar-refractivity contribution >= 4 is 11.8 Å². The van der Waals surface area contributed by atoms with Crippen molar-refractivity contribution in [3.05, 3.63) is 71.9 Å². The third-order valence-corrected chi connectivity index (χ3v) is 5.14. The maximum Gasteiger partial charge on any atom is 0.272 e. The first-order valence-electron chi connectivity index (χ1n) is 10.1. The van der Waals surface area contributed by atoms with Crippen molar-refractivity contribution in [1.82, 2.24) is 20.0 Å². The number of hydrogen-bond donors (Lipinski definition) is 1. The molecule has 1 aliphatic heterocycles. The number of aromatic amines is 1. The molecule has 2 heterocycles. The summed E-state index contributed by atoms with van der Waals surface area (Å²) in [5.41, 5.74) is 2.74. The van der Waals surface area contributed by atoms with Crippen LogP contribution in [0.1, 0.15) is 27.8 Å². The Morgan fingerprint density at radius 2 is 1.57 bits per heavy atom. The molecule has 7 heteroatoms.